The molecule has 106 valence electrons. The fourth-order valence-electron chi connectivity index (χ4n) is 2.11. The lowest BCUT2D eigenvalue weighted by Crippen LogP contribution is -1.95. The van der Waals surface area contributed by atoms with Gasteiger partial charge in [0.25, 0.3) is 0 Å². The second-order valence-electron chi connectivity index (χ2n) is 4.79. The number of anilines is 1. The van der Waals surface area contributed by atoms with Gasteiger partial charge in [0.2, 0.25) is 0 Å². The summed E-state index contributed by atoms with van der Waals surface area (Å²) >= 11 is 6.12. The fourth-order valence-corrected chi connectivity index (χ4v) is 2.28. The summed E-state index contributed by atoms with van der Waals surface area (Å²) in [5.74, 6) is -0.351. The Balaban J connectivity index is 2.09. The maximum atomic E-state index is 13.9. The molecule has 0 spiro atoms. The predicted molar refractivity (Wildman–Crippen MR) is 83.1 cm³/mol. The van der Waals surface area contributed by atoms with E-state index in [0.717, 1.165) is 11.3 Å². The molecule has 21 heavy (non-hydrogen) atoms. The van der Waals surface area contributed by atoms with Crippen molar-refractivity contribution in [3.05, 3.63) is 65.1 Å². The van der Waals surface area contributed by atoms with Gasteiger partial charge in [0.1, 0.15) is 11.5 Å². The smallest absolute Gasteiger partial charge is 0.132 e. The van der Waals surface area contributed by atoms with Gasteiger partial charge >= 0.3 is 0 Å². The van der Waals surface area contributed by atoms with E-state index in [1.165, 1.54) is 6.07 Å². The topological polar surface area (TPSA) is 43.8 Å². The van der Waals surface area contributed by atoms with Crippen molar-refractivity contribution in [2.24, 2.45) is 0 Å². The average molecular weight is 302 g/mol. The Hall–Kier alpha value is -2.33. The van der Waals surface area contributed by atoms with Gasteiger partial charge in [-0.05, 0) is 36.8 Å². The second-order valence-corrected chi connectivity index (χ2v) is 5.20. The molecule has 0 unspecified atom stereocenters. The molecule has 1 aromatic heterocycles. The Morgan fingerprint density at radius 3 is 2.67 bits per heavy atom. The minimum Gasteiger partial charge on any atom is -0.396 e. The number of aromatic nitrogens is 2. The zero-order valence-electron chi connectivity index (χ0n) is 11.3. The van der Waals surface area contributed by atoms with E-state index in [4.69, 9.17) is 17.3 Å². The lowest BCUT2D eigenvalue weighted by atomic mass is 10.1. The van der Waals surface area contributed by atoms with E-state index in [1.54, 1.807) is 35.1 Å². The molecule has 0 radical (unpaired) electrons. The summed E-state index contributed by atoms with van der Waals surface area (Å²) in [5.41, 5.74) is 8.94. The number of halogens is 2. The van der Waals surface area contributed by atoms with Crippen molar-refractivity contribution in [3.8, 4) is 16.9 Å². The largest absolute Gasteiger partial charge is 0.396 e. The Bertz CT molecular complexity index is 811. The number of benzene rings is 2. The number of nitrogens with two attached hydrogens (primary N) is 1. The summed E-state index contributed by atoms with van der Waals surface area (Å²) < 4.78 is 15.5. The van der Waals surface area contributed by atoms with Crippen LogP contribution in [0.15, 0.2) is 48.7 Å². The monoisotopic (exact) mass is 301 g/mol. The van der Waals surface area contributed by atoms with Gasteiger partial charge in [-0.3, -0.25) is 0 Å². The number of hydrogen-bond acceptors (Lipinski definition) is 2. The maximum Gasteiger partial charge on any atom is 0.132 e. The van der Waals surface area contributed by atoms with Gasteiger partial charge in [0, 0.05) is 10.6 Å². The number of nitrogen functional groups attached to an aromatic ring is 1. The Kier molecular flexibility index (Phi) is 3.39. The van der Waals surface area contributed by atoms with Crippen molar-refractivity contribution in [2.75, 3.05) is 5.73 Å². The van der Waals surface area contributed by atoms with E-state index in [1.807, 2.05) is 19.1 Å². The maximum absolute atomic E-state index is 13.9. The van der Waals surface area contributed by atoms with E-state index in [0.29, 0.717) is 22.0 Å². The summed E-state index contributed by atoms with van der Waals surface area (Å²) in [4.78, 5) is 0. The van der Waals surface area contributed by atoms with E-state index >= 15 is 0 Å². The summed E-state index contributed by atoms with van der Waals surface area (Å²) in [6.07, 6.45) is 1.66. The highest BCUT2D eigenvalue weighted by molar-refractivity contribution is 6.31. The van der Waals surface area contributed by atoms with Crippen LogP contribution in [0.2, 0.25) is 5.02 Å². The first-order valence-electron chi connectivity index (χ1n) is 6.43. The molecule has 0 bridgehead atoms. The van der Waals surface area contributed by atoms with Crippen LogP contribution < -0.4 is 5.73 Å². The van der Waals surface area contributed by atoms with Crippen molar-refractivity contribution in [2.45, 2.75) is 6.92 Å². The molecule has 0 aliphatic rings. The number of rotatable bonds is 2. The van der Waals surface area contributed by atoms with Crippen LogP contribution in [-0.4, -0.2) is 9.78 Å². The normalized spacial score (nSPS) is 10.8. The molecule has 3 aromatic rings. The highest BCUT2D eigenvalue weighted by Crippen LogP contribution is 2.28. The van der Waals surface area contributed by atoms with E-state index in [2.05, 4.69) is 5.10 Å². The van der Waals surface area contributed by atoms with Gasteiger partial charge in [-0.1, -0.05) is 29.8 Å². The average Bonchev–Trinajstić information content (AvgIpc) is 2.84. The molecule has 2 N–H and O–H groups in total. The second kappa shape index (κ2) is 5.22. The SMILES string of the molecule is Cc1ccc(-n2cc(N)c(-c3ccccc3F)n2)cc1Cl. The van der Waals surface area contributed by atoms with Gasteiger partial charge < -0.3 is 5.73 Å². The summed E-state index contributed by atoms with van der Waals surface area (Å²) in [7, 11) is 0. The van der Waals surface area contributed by atoms with E-state index in [-0.39, 0.29) is 5.82 Å². The quantitative estimate of drug-likeness (QED) is 0.770. The molecule has 0 amide bonds. The van der Waals surface area contributed by atoms with Crippen molar-refractivity contribution < 1.29 is 4.39 Å². The van der Waals surface area contributed by atoms with Crippen LogP contribution in [0.5, 0.6) is 0 Å². The Labute approximate surface area is 126 Å². The minimum atomic E-state index is -0.351. The first-order valence-corrected chi connectivity index (χ1v) is 6.80. The summed E-state index contributed by atoms with van der Waals surface area (Å²) in [6, 6.07) is 12.0. The van der Waals surface area contributed by atoms with Crippen LogP contribution in [0.25, 0.3) is 16.9 Å². The molecule has 0 fully saturated rings. The van der Waals surface area contributed by atoms with Gasteiger partial charge in [0.05, 0.1) is 17.6 Å². The molecular weight excluding hydrogens is 289 g/mol. The summed E-state index contributed by atoms with van der Waals surface area (Å²) in [6.45, 7) is 1.92. The molecule has 1 heterocycles. The lowest BCUT2D eigenvalue weighted by molar-refractivity contribution is 0.630. The van der Waals surface area contributed by atoms with Crippen LogP contribution in [0.1, 0.15) is 5.56 Å². The minimum absolute atomic E-state index is 0.351. The molecule has 0 atom stereocenters. The molecule has 0 saturated carbocycles. The van der Waals surface area contributed by atoms with Gasteiger partial charge in [0.15, 0.2) is 0 Å². The van der Waals surface area contributed by atoms with Crippen molar-refractivity contribution in [1.29, 1.82) is 0 Å². The standard InChI is InChI=1S/C16H13ClFN3/c1-10-6-7-11(8-13(10)17)21-9-15(19)16(20-21)12-4-2-3-5-14(12)18/h2-9H,19H2,1H3. The zero-order valence-corrected chi connectivity index (χ0v) is 12.1. The third-order valence-corrected chi connectivity index (χ3v) is 3.70. The molecule has 0 aliphatic heterocycles. The lowest BCUT2D eigenvalue weighted by Gasteiger charge is -2.04. The zero-order chi connectivity index (χ0) is 15.0. The molecule has 2 aromatic carbocycles. The highest BCUT2D eigenvalue weighted by atomic mass is 35.5. The first kappa shape index (κ1) is 13.6. The van der Waals surface area contributed by atoms with E-state index < -0.39 is 0 Å². The first-order chi connectivity index (χ1) is 10.1. The molecule has 0 aliphatic carbocycles. The fraction of sp³-hybridized carbons (Fsp3) is 0.0625. The molecule has 3 nitrogen and oxygen atoms in total. The molecular formula is C16H13ClFN3. The van der Waals surface area contributed by atoms with Crippen molar-refractivity contribution in [1.82, 2.24) is 9.78 Å². The Morgan fingerprint density at radius 1 is 1.19 bits per heavy atom. The van der Waals surface area contributed by atoms with Crippen LogP contribution in [-0.2, 0) is 0 Å². The van der Waals surface area contributed by atoms with Crippen molar-refractivity contribution >= 4 is 17.3 Å². The molecule has 5 heteroatoms. The molecule has 3 rings (SSSR count). The van der Waals surface area contributed by atoms with Crippen LogP contribution in [0.4, 0.5) is 10.1 Å². The van der Waals surface area contributed by atoms with Crippen molar-refractivity contribution in [3.63, 3.8) is 0 Å². The van der Waals surface area contributed by atoms with Crippen LogP contribution >= 0.6 is 11.6 Å². The highest BCUT2D eigenvalue weighted by Gasteiger charge is 2.13. The number of aryl methyl sites for hydroxylation is 1. The predicted octanol–water partition coefficient (Wildman–Crippen LogP) is 4.22. The van der Waals surface area contributed by atoms with Crippen LogP contribution in [0, 0.1) is 12.7 Å². The Morgan fingerprint density at radius 2 is 1.95 bits per heavy atom. The number of hydrogen-bond donors (Lipinski definition) is 1. The van der Waals surface area contributed by atoms with Gasteiger partial charge in [-0.2, -0.15) is 5.10 Å². The summed E-state index contributed by atoms with van der Waals surface area (Å²) in [5, 5.41) is 5.02. The van der Waals surface area contributed by atoms with Crippen LogP contribution in [0.3, 0.4) is 0 Å². The third kappa shape index (κ3) is 2.50. The molecule has 0 saturated heterocycles. The van der Waals surface area contributed by atoms with Gasteiger partial charge in [-0.25, -0.2) is 9.07 Å². The van der Waals surface area contributed by atoms with Gasteiger partial charge in [-0.15, -0.1) is 0 Å². The third-order valence-electron chi connectivity index (χ3n) is 3.29. The van der Waals surface area contributed by atoms with E-state index in [9.17, 15) is 4.39 Å². The number of nitrogens with zero attached hydrogens (tertiary/aromatic N) is 2.